The van der Waals surface area contributed by atoms with Crippen molar-refractivity contribution in [3.63, 3.8) is 0 Å². The molecule has 0 saturated carbocycles. The first-order valence-electron chi connectivity index (χ1n) is 8.93. The lowest BCUT2D eigenvalue weighted by atomic mass is 10.1. The van der Waals surface area contributed by atoms with E-state index >= 15 is 0 Å². The summed E-state index contributed by atoms with van der Waals surface area (Å²) in [7, 11) is 3.07. The molecule has 30 heavy (non-hydrogen) atoms. The van der Waals surface area contributed by atoms with E-state index in [0.29, 0.717) is 38.8 Å². The Balaban J connectivity index is 1.56. The molecule has 4 rings (SSSR count). The number of hydrogen-bond acceptors (Lipinski definition) is 7. The number of Topliss-reactive ketones (excluding diaryl/α,β-unsaturated/α-hetero) is 1. The average molecular weight is 424 g/mol. The number of fused-ring (bicyclic) bond motifs is 1. The van der Waals surface area contributed by atoms with Crippen molar-refractivity contribution >= 4 is 28.6 Å². The molecular weight excluding hydrogens is 407 g/mol. The first kappa shape index (κ1) is 19.8. The number of thioether (sulfide) groups is 1. The van der Waals surface area contributed by atoms with Crippen LogP contribution < -0.4 is 9.47 Å². The van der Waals surface area contributed by atoms with Gasteiger partial charge in [-0.05, 0) is 42.5 Å². The standard InChI is InChI=1S/C21H17FN4O3S/c1-28-18-8-3-13(9-19(18)29-2)17(27)11-30-21-16-10-25-26(20(16)23-12-24-21)15-6-4-14(22)5-7-15/h3-10,12H,11H2,1-2H3. The zero-order chi connectivity index (χ0) is 21.1. The first-order chi connectivity index (χ1) is 14.6. The Kier molecular flexibility index (Phi) is 5.62. The van der Waals surface area contributed by atoms with E-state index < -0.39 is 0 Å². The number of carbonyl (C=O) groups is 1. The van der Waals surface area contributed by atoms with Crippen molar-refractivity contribution < 1.29 is 18.7 Å². The van der Waals surface area contributed by atoms with Crippen LogP contribution in [-0.4, -0.2) is 45.5 Å². The third-order valence-corrected chi connectivity index (χ3v) is 5.45. The fourth-order valence-corrected chi connectivity index (χ4v) is 3.79. The summed E-state index contributed by atoms with van der Waals surface area (Å²) in [6.07, 6.45) is 3.06. The smallest absolute Gasteiger partial charge is 0.173 e. The van der Waals surface area contributed by atoms with E-state index in [1.807, 2.05) is 0 Å². The highest BCUT2D eigenvalue weighted by atomic mass is 32.2. The molecule has 0 saturated heterocycles. The normalized spacial score (nSPS) is 10.9. The summed E-state index contributed by atoms with van der Waals surface area (Å²) in [4.78, 5) is 21.3. The molecule has 0 aliphatic carbocycles. The Morgan fingerprint density at radius 1 is 1.07 bits per heavy atom. The lowest BCUT2D eigenvalue weighted by Crippen LogP contribution is -2.04. The molecule has 0 unspecified atom stereocenters. The number of hydrogen-bond donors (Lipinski definition) is 0. The lowest BCUT2D eigenvalue weighted by molar-refractivity contribution is 0.102. The number of carbonyl (C=O) groups excluding carboxylic acids is 1. The second-order valence-corrected chi connectivity index (χ2v) is 7.19. The van der Waals surface area contributed by atoms with Crippen molar-refractivity contribution in [3.8, 4) is 17.2 Å². The topological polar surface area (TPSA) is 79.1 Å². The Bertz CT molecular complexity index is 1210. The van der Waals surface area contributed by atoms with E-state index in [1.165, 1.54) is 37.3 Å². The number of benzene rings is 2. The van der Waals surface area contributed by atoms with Crippen LogP contribution in [-0.2, 0) is 0 Å². The van der Waals surface area contributed by atoms with Gasteiger partial charge < -0.3 is 9.47 Å². The van der Waals surface area contributed by atoms with Gasteiger partial charge in [0.2, 0.25) is 0 Å². The van der Waals surface area contributed by atoms with Gasteiger partial charge in [-0.25, -0.2) is 19.0 Å². The molecule has 7 nitrogen and oxygen atoms in total. The van der Waals surface area contributed by atoms with Crippen molar-refractivity contribution in [2.45, 2.75) is 5.03 Å². The van der Waals surface area contributed by atoms with E-state index in [0.717, 1.165) is 0 Å². The zero-order valence-corrected chi connectivity index (χ0v) is 17.0. The summed E-state index contributed by atoms with van der Waals surface area (Å²) in [5, 5.41) is 5.70. The molecule has 0 atom stereocenters. The van der Waals surface area contributed by atoms with E-state index in [9.17, 15) is 9.18 Å². The van der Waals surface area contributed by atoms with Crippen LogP contribution in [0.3, 0.4) is 0 Å². The molecular formula is C21H17FN4O3S. The lowest BCUT2D eigenvalue weighted by Gasteiger charge is -2.09. The summed E-state index contributed by atoms with van der Waals surface area (Å²) >= 11 is 1.30. The van der Waals surface area contributed by atoms with Crippen molar-refractivity contribution in [1.29, 1.82) is 0 Å². The molecule has 0 aliphatic rings. The SMILES string of the molecule is COc1ccc(C(=O)CSc2ncnc3c2cnn3-c2ccc(F)cc2)cc1OC. The Hall–Kier alpha value is -3.46. The molecule has 0 aliphatic heterocycles. The summed E-state index contributed by atoms with van der Waals surface area (Å²) in [5.74, 6) is 0.850. The maximum absolute atomic E-state index is 13.2. The highest BCUT2D eigenvalue weighted by Crippen LogP contribution is 2.30. The molecule has 2 aromatic carbocycles. The van der Waals surface area contributed by atoms with Gasteiger partial charge >= 0.3 is 0 Å². The number of rotatable bonds is 7. The largest absolute Gasteiger partial charge is 0.493 e. The minimum atomic E-state index is -0.324. The minimum Gasteiger partial charge on any atom is -0.493 e. The third kappa shape index (κ3) is 3.84. The van der Waals surface area contributed by atoms with E-state index in [2.05, 4.69) is 15.1 Å². The fraction of sp³-hybridized carbons (Fsp3) is 0.143. The molecule has 9 heteroatoms. The number of ether oxygens (including phenoxy) is 2. The monoisotopic (exact) mass is 424 g/mol. The summed E-state index contributed by atoms with van der Waals surface area (Å²) in [6.45, 7) is 0. The highest BCUT2D eigenvalue weighted by Gasteiger charge is 2.15. The molecule has 0 spiro atoms. The molecule has 0 amide bonds. The second kappa shape index (κ2) is 8.50. The van der Waals surface area contributed by atoms with Crippen LogP contribution in [0.2, 0.25) is 0 Å². The van der Waals surface area contributed by atoms with Gasteiger partial charge in [0.25, 0.3) is 0 Å². The Morgan fingerprint density at radius 3 is 2.57 bits per heavy atom. The van der Waals surface area contributed by atoms with Crippen LogP contribution >= 0.6 is 11.8 Å². The molecule has 2 heterocycles. The van der Waals surface area contributed by atoms with Crippen molar-refractivity contribution in [2.24, 2.45) is 0 Å². The summed E-state index contributed by atoms with van der Waals surface area (Å²) in [5.41, 5.74) is 1.78. The molecule has 0 bridgehead atoms. The fourth-order valence-electron chi connectivity index (χ4n) is 2.94. The molecule has 0 N–H and O–H groups in total. The summed E-state index contributed by atoms with van der Waals surface area (Å²) in [6, 6.07) is 11.0. The van der Waals surface area contributed by atoms with Gasteiger partial charge in [0.15, 0.2) is 22.9 Å². The van der Waals surface area contributed by atoms with Crippen LogP contribution in [0.25, 0.3) is 16.7 Å². The van der Waals surface area contributed by atoms with Gasteiger partial charge in [-0.3, -0.25) is 4.79 Å². The number of nitrogens with zero attached hydrogens (tertiary/aromatic N) is 4. The quantitative estimate of drug-likeness (QED) is 0.252. The van der Waals surface area contributed by atoms with Gasteiger partial charge in [0.1, 0.15) is 17.2 Å². The number of halogens is 1. The predicted octanol–water partition coefficient (Wildman–Crippen LogP) is 3.95. The van der Waals surface area contributed by atoms with Gasteiger partial charge in [-0.1, -0.05) is 11.8 Å². The summed E-state index contributed by atoms with van der Waals surface area (Å²) < 4.78 is 25.3. The van der Waals surface area contributed by atoms with E-state index in [4.69, 9.17) is 9.47 Å². The Morgan fingerprint density at radius 2 is 1.83 bits per heavy atom. The molecule has 0 radical (unpaired) electrons. The predicted molar refractivity (Wildman–Crippen MR) is 111 cm³/mol. The molecule has 4 aromatic rings. The van der Waals surface area contributed by atoms with Crippen LogP contribution in [0.4, 0.5) is 4.39 Å². The maximum Gasteiger partial charge on any atom is 0.173 e. The second-order valence-electron chi connectivity index (χ2n) is 6.23. The molecule has 2 aromatic heterocycles. The minimum absolute atomic E-state index is 0.0707. The van der Waals surface area contributed by atoms with Crippen molar-refractivity contribution in [1.82, 2.24) is 19.7 Å². The van der Waals surface area contributed by atoms with Gasteiger partial charge in [0, 0.05) is 5.56 Å². The number of methoxy groups -OCH3 is 2. The van der Waals surface area contributed by atoms with Gasteiger partial charge in [-0.15, -0.1) is 0 Å². The Labute approximate surface area is 175 Å². The highest BCUT2D eigenvalue weighted by molar-refractivity contribution is 8.00. The van der Waals surface area contributed by atoms with E-state index in [-0.39, 0.29) is 17.4 Å². The number of aromatic nitrogens is 4. The van der Waals surface area contributed by atoms with Crippen LogP contribution in [0, 0.1) is 5.82 Å². The zero-order valence-electron chi connectivity index (χ0n) is 16.2. The van der Waals surface area contributed by atoms with Crippen LogP contribution in [0.5, 0.6) is 11.5 Å². The third-order valence-electron chi connectivity index (χ3n) is 4.45. The van der Waals surface area contributed by atoms with Crippen LogP contribution in [0.15, 0.2) is 60.0 Å². The molecule has 152 valence electrons. The number of ketones is 1. The van der Waals surface area contributed by atoms with E-state index in [1.54, 1.807) is 48.3 Å². The molecule has 0 fully saturated rings. The first-order valence-corrected chi connectivity index (χ1v) is 9.92. The van der Waals surface area contributed by atoms with Crippen molar-refractivity contribution in [2.75, 3.05) is 20.0 Å². The maximum atomic E-state index is 13.2. The van der Waals surface area contributed by atoms with Crippen molar-refractivity contribution in [3.05, 3.63) is 66.4 Å². The van der Waals surface area contributed by atoms with Gasteiger partial charge in [-0.2, -0.15) is 5.10 Å². The average Bonchev–Trinajstić information content (AvgIpc) is 3.22. The van der Waals surface area contributed by atoms with Gasteiger partial charge in [0.05, 0.1) is 37.2 Å². The van der Waals surface area contributed by atoms with Crippen LogP contribution in [0.1, 0.15) is 10.4 Å².